The van der Waals surface area contributed by atoms with Crippen molar-refractivity contribution in [1.29, 1.82) is 0 Å². The molecule has 118 valence electrons. The Kier molecular flexibility index (Phi) is 5.14. The smallest absolute Gasteiger partial charge is 0.0614 e. The zero-order chi connectivity index (χ0) is 15.6. The van der Waals surface area contributed by atoms with Gasteiger partial charge < -0.3 is 5.11 Å². The third-order valence-electron chi connectivity index (χ3n) is 6.16. The van der Waals surface area contributed by atoms with E-state index in [-0.39, 0.29) is 6.10 Å². The van der Waals surface area contributed by atoms with Gasteiger partial charge in [0.05, 0.1) is 6.10 Å². The van der Waals surface area contributed by atoms with E-state index in [0.717, 1.165) is 18.3 Å². The molecule has 5 unspecified atom stereocenters. The third kappa shape index (κ3) is 3.04. The van der Waals surface area contributed by atoms with E-state index in [9.17, 15) is 5.11 Å². The summed E-state index contributed by atoms with van der Waals surface area (Å²) in [4.78, 5) is 0. The van der Waals surface area contributed by atoms with Crippen molar-refractivity contribution in [3.63, 3.8) is 0 Å². The van der Waals surface area contributed by atoms with Gasteiger partial charge >= 0.3 is 0 Å². The summed E-state index contributed by atoms with van der Waals surface area (Å²) in [5, 5.41) is 10.6. The molecular formula is C20H32O. The van der Waals surface area contributed by atoms with E-state index in [1.807, 2.05) is 13.8 Å². The summed E-state index contributed by atoms with van der Waals surface area (Å²) in [5.41, 5.74) is 3.01. The first-order valence-electron chi connectivity index (χ1n) is 8.75. The van der Waals surface area contributed by atoms with Crippen LogP contribution in [-0.2, 0) is 0 Å². The fourth-order valence-electron chi connectivity index (χ4n) is 4.50. The molecule has 2 fully saturated rings. The molecule has 1 N–H and O–H groups in total. The molecular weight excluding hydrogens is 256 g/mol. The lowest BCUT2D eigenvalue weighted by atomic mass is 9.61. The SMILES string of the molecule is CC.Cc1ccc(C2CC3CCC(C)C3(C)CC2O)cc1. The summed E-state index contributed by atoms with van der Waals surface area (Å²) in [6, 6.07) is 8.77. The third-order valence-corrected chi connectivity index (χ3v) is 6.16. The van der Waals surface area contributed by atoms with Crippen LogP contribution >= 0.6 is 0 Å². The molecule has 0 bridgehead atoms. The van der Waals surface area contributed by atoms with E-state index in [0.29, 0.717) is 11.3 Å². The highest BCUT2D eigenvalue weighted by atomic mass is 16.3. The van der Waals surface area contributed by atoms with Crippen LogP contribution in [0.15, 0.2) is 24.3 Å². The van der Waals surface area contributed by atoms with Gasteiger partial charge in [-0.2, -0.15) is 0 Å². The van der Waals surface area contributed by atoms with Gasteiger partial charge in [0.25, 0.3) is 0 Å². The van der Waals surface area contributed by atoms with E-state index in [1.54, 1.807) is 0 Å². The van der Waals surface area contributed by atoms with Crippen LogP contribution in [0.25, 0.3) is 0 Å². The monoisotopic (exact) mass is 288 g/mol. The zero-order valence-corrected chi connectivity index (χ0v) is 14.4. The topological polar surface area (TPSA) is 20.2 Å². The molecule has 21 heavy (non-hydrogen) atoms. The highest BCUT2D eigenvalue weighted by molar-refractivity contribution is 5.26. The molecule has 1 nitrogen and oxygen atoms in total. The molecule has 0 aromatic heterocycles. The average Bonchev–Trinajstić information content (AvgIpc) is 2.76. The van der Waals surface area contributed by atoms with Crippen molar-refractivity contribution in [2.45, 2.75) is 72.3 Å². The van der Waals surface area contributed by atoms with Gasteiger partial charge in [0.1, 0.15) is 0 Å². The molecule has 0 heterocycles. The Bertz CT molecular complexity index is 449. The lowest BCUT2D eigenvalue weighted by Crippen LogP contribution is -2.40. The van der Waals surface area contributed by atoms with E-state index in [2.05, 4.69) is 45.0 Å². The minimum Gasteiger partial charge on any atom is -0.392 e. The first kappa shape index (κ1) is 16.5. The highest BCUT2D eigenvalue weighted by Crippen LogP contribution is 2.58. The van der Waals surface area contributed by atoms with Crippen molar-refractivity contribution < 1.29 is 5.11 Å². The predicted molar refractivity (Wildman–Crippen MR) is 90.5 cm³/mol. The number of hydrogen-bond donors (Lipinski definition) is 1. The largest absolute Gasteiger partial charge is 0.392 e. The maximum Gasteiger partial charge on any atom is 0.0614 e. The van der Waals surface area contributed by atoms with Crippen molar-refractivity contribution in [2.75, 3.05) is 0 Å². The van der Waals surface area contributed by atoms with Crippen molar-refractivity contribution in [3.05, 3.63) is 35.4 Å². The summed E-state index contributed by atoms with van der Waals surface area (Å²) >= 11 is 0. The average molecular weight is 288 g/mol. The standard InChI is InChI=1S/C18H26O.C2H6/c1-12-4-7-14(8-5-12)16-10-15-9-6-13(2)18(15,3)11-17(16)19;1-2/h4-5,7-8,13,15-17,19H,6,9-11H2,1-3H3;1-2H3. The maximum atomic E-state index is 10.6. The normalized spacial score (nSPS) is 38.4. The molecule has 2 aliphatic carbocycles. The number of rotatable bonds is 1. The number of aliphatic hydroxyl groups excluding tert-OH is 1. The number of hydrogen-bond acceptors (Lipinski definition) is 1. The van der Waals surface area contributed by atoms with Crippen LogP contribution in [0.3, 0.4) is 0 Å². The molecule has 0 radical (unpaired) electrons. The molecule has 0 amide bonds. The minimum atomic E-state index is -0.162. The van der Waals surface area contributed by atoms with E-state index >= 15 is 0 Å². The molecule has 1 heteroatoms. The van der Waals surface area contributed by atoms with Crippen molar-refractivity contribution >= 4 is 0 Å². The second-order valence-corrected chi connectivity index (χ2v) is 7.21. The summed E-state index contributed by atoms with van der Waals surface area (Å²) < 4.78 is 0. The number of aliphatic hydroxyl groups is 1. The van der Waals surface area contributed by atoms with Crippen LogP contribution < -0.4 is 0 Å². The molecule has 1 aromatic rings. The summed E-state index contributed by atoms with van der Waals surface area (Å²) in [5.74, 6) is 1.92. The van der Waals surface area contributed by atoms with Gasteiger partial charge in [0.2, 0.25) is 0 Å². The minimum absolute atomic E-state index is 0.162. The quantitative estimate of drug-likeness (QED) is 0.742. The molecule has 2 saturated carbocycles. The van der Waals surface area contributed by atoms with Crippen LogP contribution in [-0.4, -0.2) is 11.2 Å². The Morgan fingerprint density at radius 3 is 2.33 bits per heavy atom. The Morgan fingerprint density at radius 1 is 1.10 bits per heavy atom. The van der Waals surface area contributed by atoms with Gasteiger partial charge in [-0.1, -0.05) is 57.5 Å². The number of fused-ring (bicyclic) bond motifs is 1. The molecule has 0 aliphatic heterocycles. The zero-order valence-electron chi connectivity index (χ0n) is 14.4. The molecule has 5 atom stereocenters. The van der Waals surface area contributed by atoms with Crippen LogP contribution in [0.2, 0.25) is 0 Å². The predicted octanol–water partition coefficient (Wildman–Crippen LogP) is 5.31. The fourth-order valence-corrected chi connectivity index (χ4v) is 4.50. The van der Waals surface area contributed by atoms with Gasteiger partial charge in [0.15, 0.2) is 0 Å². The molecule has 2 aliphatic rings. The van der Waals surface area contributed by atoms with Gasteiger partial charge in [0, 0.05) is 5.92 Å². The summed E-state index contributed by atoms with van der Waals surface area (Å²) in [6.07, 6.45) is 4.69. The van der Waals surface area contributed by atoms with Crippen molar-refractivity contribution in [3.8, 4) is 0 Å². The Balaban J connectivity index is 0.000000774. The van der Waals surface area contributed by atoms with Gasteiger partial charge in [-0.25, -0.2) is 0 Å². The lowest BCUT2D eigenvalue weighted by molar-refractivity contribution is -0.00787. The lowest BCUT2D eigenvalue weighted by Gasteiger charge is -2.45. The number of aryl methyl sites for hydroxylation is 1. The van der Waals surface area contributed by atoms with Crippen LogP contribution in [0.1, 0.15) is 70.4 Å². The van der Waals surface area contributed by atoms with Gasteiger partial charge in [-0.15, -0.1) is 0 Å². The summed E-state index contributed by atoms with van der Waals surface area (Å²) in [6.45, 7) is 10.9. The van der Waals surface area contributed by atoms with Crippen molar-refractivity contribution in [2.24, 2.45) is 17.3 Å². The van der Waals surface area contributed by atoms with Crippen LogP contribution in [0, 0.1) is 24.2 Å². The maximum absolute atomic E-state index is 10.6. The van der Waals surface area contributed by atoms with E-state index in [1.165, 1.54) is 30.4 Å². The first-order chi connectivity index (χ1) is 10.0. The van der Waals surface area contributed by atoms with Crippen LogP contribution in [0.5, 0.6) is 0 Å². The summed E-state index contributed by atoms with van der Waals surface area (Å²) in [7, 11) is 0. The molecule has 3 rings (SSSR count). The van der Waals surface area contributed by atoms with Gasteiger partial charge in [-0.05, 0) is 55.4 Å². The Morgan fingerprint density at radius 2 is 1.71 bits per heavy atom. The van der Waals surface area contributed by atoms with Crippen LogP contribution in [0.4, 0.5) is 0 Å². The van der Waals surface area contributed by atoms with Crippen molar-refractivity contribution in [1.82, 2.24) is 0 Å². The Labute approximate surface area is 130 Å². The number of benzene rings is 1. The Hall–Kier alpha value is -0.820. The molecule has 1 aromatic carbocycles. The first-order valence-corrected chi connectivity index (χ1v) is 8.75. The fraction of sp³-hybridized carbons (Fsp3) is 0.700. The highest BCUT2D eigenvalue weighted by Gasteiger charge is 2.50. The van der Waals surface area contributed by atoms with E-state index in [4.69, 9.17) is 0 Å². The van der Waals surface area contributed by atoms with Gasteiger partial charge in [-0.3, -0.25) is 0 Å². The molecule has 0 spiro atoms. The van der Waals surface area contributed by atoms with E-state index < -0.39 is 0 Å². The second kappa shape index (κ2) is 6.52. The molecule has 0 saturated heterocycles. The second-order valence-electron chi connectivity index (χ2n) is 7.21.